The average molecular weight is 399 g/mol. The summed E-state index contributed by atoms with van der Waals surface area (Å²) < 4.78 is 5.53. The van der Waals surface area contributed by atoms with Crippen molar-refractivity contribution in [1.82, 2.24) is 15.1 Å². The number of imide groups is 1. The van der Waals surface area contributed by atoms with Crippen molar-refractivity contribution in [3.05, 3.63) is 29.8 Å². The molecule has 0 aromatic heterocycles. The number of urea groups is 1. The Bertz CT molecular complexity index is 803. The molecule has 2 aliphatic heterocycles. The molecule has 1 unspecified atom stereocenters. The number of hydrogen-bond donors (Lipinski definition) is 1. The summed E-state index contributed by atoms with van der Waals surface area (Å²) in [5, 5.41) is 2.95. The average Bonchev–Trinajstić information content (AvgIpc) is 3.15. The van der Waals surface area contributed by atoms with Crippen molar-refractivity contribution < 1.29 is 19.1 Å². The lowest BCUT2D eigenvalue weighted by molar-refractivity contribution is -0.133. The molecule has 7 heteroatoms. The molecule has 4 amide bonds. The Hall–Kier alpha value is -2.57. The van der Waals surface area contributed by atoms with Crippen LogP contribution in [0.5, 0.6) is 5.75 Å². The minimum Gasteiger partial charge on any atom is -0.494 e. The third-order valence-corrected chi connectivity index (χ3v) is 6.27. The second-order valence-electron chi connectivity index (χ2n) is 8.41. The highest BCUT2D eigenvalue weighted by Crippen LogP contribution is 2.34. The van der Waals surface area contributed by atoms with Gasteiger partial charge in [-0.1, -0.05) is 31.4 Å². The molecule has 1 aromatic rings. The quantitative estimate of drug-likeness (QED) is 0.746. The smallest absolute Gasteiger partial charge is 0.325 e. The molecule has 3 aliphatic rings. The highest BCUT2D eigenvalue weighted by atomic mass is 16.5. The third-order valence-electron chi connectivity index (χ3n) is 6.27. The number of ether oxygens (including phenoxy) is 1. The Morgan fingerprint density at radius 3 is 2.72 bits per heavy atom. The van der Waals surface area contributed by atoms with E-state index in [0.29, 0.717) is 32.7 Å². The molecule has 1 aromatic carbocycles. The first kappa shape index (κ1) is 19.7. The first-order valence-electron chi connectivity index (χ1n) is 10.6. The number of benzene rings is 1. The molecule has 0 bridgehead atoms. The van der Waals surface area contributed by atoms with Gasteiger partial charge in [-0.25, -0.2) is 4.79 Å². The van der Waals surface area contributed by atoms with Gasteiger partial charge in [-0.05, 0) is 37.5 Å². The highest BCUT2D eigenvalue weighted by molar-refractivity contribution is 6.07. The van der Waals surface area contributed by atoms with Crippen molar-refractivity contribution in [2.75, 3.05) is 19.7 Å². The van der Waals surface area contributed by atoms with Crippen molar-refractivity contribution in [1.29, 1.82) is 0 Å². The lowest BCUT2D eigenvalue weighted by Gasteiger charge is -2.30. The molecular formula is C22H29N3O4. The Labute approximate surface area is 171 Å². The normalized spacial score (nSPS) is 23.8. The number of nitrogens with one attached hydrogen (secondary N) is 1. The summed E-state index contributed by atoms with van der Waals surface area (Å²) in [7, 11) is 0. The second-order valence-corrected chi connectivity index (χ2v) is 8.41. The predicted octanol–water partition coefficient (Wildman–Crippen LogP) is 2.69. The number of carbonyl (C=O) groups excluding carboxylic acids is 3. The van der Waals surface area contributed by atoms with E-state index in [1.54, 1.807) is 0 Å². The van der Waals surface area contributed by atoms with Crippen molar-refractivity contribution in [2.24, 2.45) is 5.92 Å². The van der Waals surface area contributed by atoms with Gasteiger partial charge in [0, 0.05) is 32.0 Å². The van der Waals surface area contributed by atoms with Gasteiger partial charge in [0.25, 0.3) is 5.91 Å². The van der Waals surface area contributed by atoms with Crippen LogP contribution < -0.4 is 10.1 Å². The standard InChI is InChI=1S/C22H29N3O4/c1-2-29-18-8-6-7-16(11-18)13-24-14-17(12-19(24)26)15-25-20(27)22(23-21(25)28)9-4-3-5-10-22/h6-8,11,17H,2-5,9-10,12-15H2,1H3,(H,23,28). The summed E-state index contributed by atoms with van der Waals surface area (Å²) >= 11 is 0. The molecule has 29 heavy (non-hydrogen) atoms. The zero-order valence-corrected chi connectivity index (χ0v) is 17.0. The summed E-state index contributed by atoms with van der Waals surface area (Å²) in [6.07, 6.45) is 4.86. The van der Waals surface area contributed by atoms with Crippen LogP contribution in [0.25, 0.3) is 0 Å². The summed E-state index contributed by atoms with van der Waals surface area (Å²) in [5.41, 5.74) is 0.318. The van der Waals surface area contributed by atoms with Crippen LogP contribution in [0, 0.1) is 5.92 Å². The van der Waals surface area contributed by atoms with Crippen LogP contribution >= 0.6 is 0 Å². The lowest BCUT2D eigenvalue weighted by atomic mass is 9.81. The first-order valence-corrected chi connectivity index (χ1v) is 10.6. The molecule has 2 saturated heterocycles. The number of nitrogens with zero attached hydrogens (tertiary/aromatic N) is 2. The fourth-order valence-corrected chi connectivity index (χ4v) is 4.84. The molecule has 1 spiro atoms. The van der Waals surface area contributed by atoms with Crippen LogP contribution in [0.3, 0.4) is 0 Å². The van der Waals surface area contributed by atoms with E-state index in [9.17, 15) is 14.4 Å². The van der Waals surface area contributed by atoms with E-state index in [4.69, 9.17) is 4.74 Å². The minimum atomic E-state index is -0.697. The molecule has 1 atom stereocenters. The van der Waals surface area contributed by atoms with E-state index in [2.05, 4.69) is 5.32 Å². The van der Waals surface area contributed by atoms with Crippen LogP contribution in [-0.2, 0) is 16.1 Å². The molecule has 3 fully saturated rings. The number of amides is 4. The Balaban J connectivity index is 1.38. The monoisotopic (exact) mass is 399 g/mol. The molecule has 4 rings (SSSR count). The van der Waals surface area contributed by atoms with Gasteiger partial charge in [-0.2, -0.15) is 0 Å². The Morgan fingerprint density at radius 1 is 1.17 bits per heavy atom. The number of likely N-dealkylation sites (tertiary alicyclic amines) is 1. The van der Waals surface area contributed by atoms with E-state index in [-0.39, 0.29) is 23.8 Å². The van der Waals surface area contributed by atoms with Crippen molar-refractivity contribution in [3.8, 4) is 5.75 Å². The van der Waals surface area contributed by atoms with Crippen molar-refractivity contribution in [2.45, 2.75) is 57.5 Å². The van der Waals surface area contributed by atoms with Gasteiger partial charge in [-0.15, -0.1) is 0 Å². The summed E-state index contributed by atoms with van der Waals surface area (Å²) in [6, 6.07) is 7.46. The van der Waals surface area contributed by atoms with Gasteiger partial charge in [-0.3, -0.25) is 14.5 Å². The van der Waals surface area contributed by atoms with E-state index in [1.807, 2.05) is 36.1 Å². The van der Waals surface area contributed by atoms with Gasteiger partial charge in [0.15, 0.2) is 0 Å². The Morgan fingerprint density at radius 2 is 1.97 bits per heavy atom. The summed E-state index contributed by atoms with van der Waals surface area (Å²) in [6.45, 7) is 3.92. The maximum atomic E-state index is 13.0. The molecule has 1 saturated carbocycles. The molecule has 1 N–H and O–H groups in total. The predicted molar refractivity (Wildman–Crippen MR) is 107 cm³/mol. The molecule has 2 heterocycles. The highest BCUT2D eigenvalue weighted by Gasteiger charge is 2.52. The van der Waals surface area contributed by atoms with E-state index in [1.165, 1.54) is 4.90 Å². The van der Waals surface area contributed by atoms with Gasteiger partial charge in [0.05, 0.1) is 6.61 Å². The second kappa shape index (κ2) is 8.05. The fraction of sp³-hybridized carbons (Fsp3) is 0.591. The minimum absolute atomic E-state index is 0.0222. The Kier molecular flexibility index (Phi) is 5.48. The van der Waals surface area contributed by atoms with Gasteiger partial charge >= 0.3 is 6.03 Å². The van der Waals surface area contributed by atoms with Crippen LogP contribution in [-0.4, -0.2) is 52.9 Å². The van der Waals surface area contributed by atoms with Gasteiger partial charge in [0.1, 0.15) is 11.3 Å². The van der Waals surface area contributed by atoms with Crippen LogP contribution in [0.2, 0.25) is 0 Å². The summed E-state index contributed by atoms with van der Waals surface area (Å²) in [4.78, 5) is 41.1. The van der Waals surface area contributed by atoms with E-state index >= 15 is 0 Å². The maximum Gasteiger partial charge on any atom is 0.325 e. The number of rotatable bonds is 6. The maximum absolute atomic E-state index is 13.0. The van der Waals surface area contributed by atoms with Crippen LogP contribution in [0.15, 0.2) is 24.3 Å². The first-order chi connectivity index (χ1) is 14.0. The van der Waals surface area contributed by atoms with Crippen LogP contribution in [0.1, 0.15) is 51.0 Å². The number of hydrogen-bond acceptors (Lipinski definition) is 4. The lowest BCUT2D eigenvalue weighted by Crippen LogP contribution is -2.48. The zero-order valence-electron chi connectivity index (χ0n) is 17.0. The van der Waals surface area contributed by atoms with Crippen LogP contribution in [0.4, 0.5) is 4.79 Å². The largest absolute Gasteiger partial charge is 0.494 e. The zero-order chi connectivity index (χ0) is 20.4. The van der Waals surface area contributed by atoms with E-state index < -0.39 is 5.54 Å². The summed E-state index contributed by atoms with van der Waals surface area (Å²) in [5.74, 6) is 0.741. The third kappa shape index (κ3) is 3.95. The topological polar surface area (TPSA) is 79.0 Å². The van der Waals surface area contributed by atoms with E-state index in [0.717, 1.165) is 43.4 Å². The van der Waals surface area contributed by atoms with Gasteiger partial charge in [0.2, 0.25) is 5.91 Å². The molecule has 0 radical (unpaired) electrons. The van der Waals surface area contributed by atoms with Crippen molar-refractivity contribution >= 4 is 17.8 Å². The number of carbonyl (C=O) groups is 3. The molecule has 156 valence electrons. The van der Waals surface area contributed by atoms with Gasteiger partial charge < -0.3 is 15.0 Å². The molecule has 7 nitrogen and oxygen atoms in total. The van der Waals surface area contributed by atoms with Crippen molar-refractivity contribution in [3.63, 3.8) is 0 Å². The fourth-order valence-electron chi connectivity index (χ4n) is 4.84. The SMILES string of the molecule is CCOc1cccc(CN2CC(CN3C(=O)NC4(CCCCC4)C3=O)CC2=O)c1. The molecule has 1 aliphatic carbocycles. The molecular weight excluding hydrogens is 370 g/mol.